The Morgan fingerprint density at radius 3 is 2.41 bits per heavy atom. The molecule has 0 saturated heterocycles. The molecule has 0 unspecified atom stereocenters. The van der Waals surface area contributed by atoms with Gasteiger partial charge < -0.3 is 5.11 Å². The number of aryl methyl sites for hydroxylation is 1. The molecule has 1 aromatic carbocycles. The van der Waals surface area contributed by atoms with Crippen molar-refractivity contribution in [3.05, 3.63) is 35.9 Å². The molecule has 90 valence electrons. The Kier molecular flexibility index (Phi) is 2.69. The topological polar surface area (TPSA) is 38.0 Å². The van der Waals surface area contributed by atoms with Crippen molar-refractivity contribution in [2.24, 2.45) is 0 Å². The summed E-state index contributed by atoms with van der Waals surface area (Å²) in [6.45, 7) is 8.09. The maximum atomic E-state index is 9.90. The van der Waals surface area contributed by atoms with Crippen molar-refractivity contribution in [2.45, 2.75) is 33.2 Å². The molecule has 0 fully saturated rings. The van der Waals surface area contributed by atoms with E-state index in [9.17, 15) is 5.11 Å². The number of nitrogens with zero attached hydrogens (tertiary/aromatic N) is 2. The first-order valence-electron chi connectivity index (χ1n) is 5.74. The van der Waals surface area contributed by atoms with Gasteiger partial charge in [-0.25, -0.2) is 4.68 Å². The van der Waals surface area contributed by atoms with Gasteiger partial charge in [0.1, 0.15) is 0 Å². The van der Waals surface area contributed by atoms with Crippen LogP contribution in [0.15, 0.2) is 30.3 Å². The molecule has 0 aliphatic heterocycles. The molecule has 0 aliphatic rings. The standard InChI is InChI=1S/C14H18N2O/c1-10-6-5-7-11(8-10)12-9-13(17)16(15-12)14(2,3)4/h5-9,17H,1-4H3. The summed E-state index contributed by atoms with van der Waals surface area (Å²) in [4.78, 5) is 0. The second-order valence-electron chi connectivity index (χ2n) is 5.34. The van der Waals surface area contributed by atoms with E-state index in [1.54, 1.807) is 10.7 Å². The predicted octanol–water partition coefficient (Wildman–Crippen LogP) is 3.32. The fourth-order valence-electron chi connectivity index (χ4n) is 1.81. The maximum Gasteiger partial charge on any atom is 0.210 e. The van der Waals surface area contributed by atoms with Gasteiger partial charge in [0.05, 0.1) is 11.2 Å². The lowest BCUT2D eigenvalue weighted by Gasteiger charge is -2.19. The molecule has 0 radical (unpaired) electrons. The summed E-state index contributed by atoms with van der Waals surface area (Å²) in [5.74, 6) is 0.203. The lowest BCUT2D eigenvalue weighted by atomic mass is 10.1. The van der Waals surface area contributed by atoms with E-state index in [-0.39, 0.29) is 11.4 Å². The van der Waals surface area contributed by atoms with Gasteiger partial charge in [-0.1, -0.05) is 23.8 Å². The molecule has 1 aromatic heterocycles. The van der Waals surface area contributed by atoms with Crippen LogP contribution in [0.2, 0.25) is 0 Å². The van der Waals surface area contributed by atoms with E-state index >= 15 is 0 Å². The predicted molar refractivity (Wildman–Crippen MR) is 69.1 cm³/mol. The Hall–Kier alpha value is -1.77. The van der Waals surface area contributed by atoms with Crippen LogP contribution >= 0.6 is 0 Å². The Morgan fingerprint density at radius 2 is 1.88 bits per heavy atom. The van der Waals surface area contributed by atoms with Crippen molar-refractivity contribution >= 4 is 0 Å². The Bertz CT molecular complexity index is 535. The summed E-state index contributed by atoms with van der Waals surface area (Å²) in [7, 11) is 0. The van der Waals surface area contributed by atoms with Crippen molar-refractivity contribution in [1.29, 1.82) is 0 Å². The largest absolute Gasteiger partial charge is 0.493 e. The van der Waals surface area contributed by atoms with Crippen molar-refractivity contribution in [3.8, 4) is 17.1 Å². The van der Waals surface area contributed by atoms with E-state index in [1.807, 2.05) is 45.9 Å². The molecule has 3 heteroatoms. The van der Waals surface area contributed by atoms with E-state index in [0.29, 0.717) is 0 Å². The van der Waals surface area contributed by atoms with Gasteiger partial charge in [0.15, 0.2) is 0 Å². The Morgan fingerprint density at radius 1 is 1.18 bits per heavy atom. The van der Waals surface area contributed by atoms with Gasteiger partial charge in [-0.05, 0) is 33.8 Å². The van der Waals surface area contributed by atoms with Gasteiger partial charge in [-0.2, -0.15) is 5.10 Å². The zero-order valence-electron chi connectivity index (χ0n) is 10.7. The molecular formula is C14H18N2O. The summed E-state index contributed by atoms with van der Waals surface area (Å²) in [6.07, 6.45) is 0. The van der Waals surface area contributed by atoms with Crippen LogP contribution in [0.5, 0.6) is 5.88 Å². The quantitative estimate of drug-likeness (QED) is 0.816. The first kappa shape index (κ1) is 11.7. The number of hydrogen-bond acceptors (Lipinski definition) is 2. The molecular weight excluding hydrogens is 212 g/mol. The molecule has 1 N–H and O–H groups in total. The average molecular weight is 230 g/mol. The van der Waals surface area contributed by atoms with E-state index in [1.165, 1.54) is 5.56 Å². The molecule has 17 heavy (non-hydrogen) atoms. The lowest BCUT2D eigenvalue weighted by molar-refractivity contribution is 0.295. The smallest absolute Gasteiger partial charge is 0.210 e. The summed E-state index contributed by atoms with van der Waals surface area (Å²) < 4.78 is 1.64. The summed E-state index contributed by atoms with van der Waals surface area (Å²) in [5.41, 5.74) is 2.81. The summed E-state index contributed by atoms with van der Waals surface area (Å²) in [6, 6.07) is 9.82. The zero-order chi connectivity index (χ0) is 12.6. The third-order valence-electron chi connectivity index (χ3n) is 2.64. The van der Waals surface area contributed by atoms with Crippen molar-refractivity contribution in [2.75, 3.05) is 0 Å². The molecule has 0 bridgehead atoms. The number of aromatic hydroxyl groups is 1. The van der Waals surface area contributed by atoms with Gasteiger partial charge in [0.2, 0.25) is 5.88 Å². The molecule has 2 rings (SSSR count). The van der Waals surface area contributed by atoms with Crippen molar-refractivity contribution in [1.82, 2.24) is 9.78 Å². The highest BCUT2D eigenvalue weighted by atomic mass is 16.3. The molecule has 0 atom stereocenters. The maximum absolute atomic E-state index is 9.90. The Labute approximate surface area is 102 Å². The molecule has 0 spiro atoms. The number of benzene rings is 1. The minimum absolute atomic E-state index is 0.203. The van der Waals surface area contributed by atoms with E-state index in [0.717, 1.165) is 11.3 Å². The molecule has 0 saturated carbocycles. The molecule has 1 heterocycles. The second kappa shape index (κ2) is 3.91. The number of hydrogen-bond donors (Lipinski definition) is 1. The third-order valence-corrected chi connectivity index (χ3v) is 2.64. The monoisotopic (exact) mass is 230 g/mol. The summed E-state index contributed by atoms with van der Waals surface area (Å²) in [5, 5.41) is 14.4. The Balaban J connectivity index is 2.49. The minimum Gasteiger partial charge on any atom is -0.493 e. The van der Waals surface area contributed by atoms with E-state index in [4.69, 9.17) is 0 Å². The van der Waals surface area contributed by atoms with Gasteiger partial charge in [0, 0.05) is 11.6 Å². The summed E-state index contributed by atoms with van der Waals surface area (Å²) >= 11 is 0. The van der Waals surface area contributed by atoms with Gasteiger partial charge in [-0.3, -0.25) is 0 Å². The van der Waals surface area contributed by atoms with E-state index in [2.05, 4.69) is 11.2 Å². The van der Waals surface area contributed by atoms with Crippen LogP contribution in [-0.4, -0.2) is 14.9 Å². The zero-order valence-corrected chi connectivity index (χ0v) is 10.7. The highest BCUT2D eigenvalue weighted by molar-refractivity contribution is 5.61. The first-order valence-corrected chi connectivity index (χ1v) is 5.74. The minimum atomic E-state index is -0.216. The SMILES string of the molecule is Cc1cccc(-c2cc(O)n(C(C)(C)C)n2)c1. The van der Waals surface area contributed by atoms with Crippen molar-refractivity contribution in [3.63, 3.8) is 0 Å². The number of rotatable bonds is 1. The molecule has 3 nitrogen and oxygen atoms in total. The second-order valence-corrected chi connectivity index (χ2v) is 5.34. The van der Waals surface area contributed by atoms with Crippen LogP contribution in [0.4, 0.5) is 0 Å². The van der Waals surface area contributed by atoms with E-state index < -0.39 is 0 Å². The third kappa shape index (κ3) is 2.33. The lowest BCUT2D eigenvalue weighted by Crippen LogP contribution is -2.22. The van der Waals surface area contributed by atoms with Crippen LogP contribution in [0.1, 0.15) is 26.3 Å². The fourth-order valence-corrected chi connectivity index (χ4v) is 1.81. The average Bonchev–Trinajstić information content (AvgIpc) is 2.60. The normalized spacial score (nSPS) is 11.8. The highest BCUT2D eigenvalue weighted by Gasteiger charge is 2.19. The van der Waals surface area contributed by atoms with Crippen LogP contribution < -0.4 is 0 Å². The van der Waals surface area contributed by atoms with Gasteiger partial charge in [0.25, 0.3) is 0 Å². The number of aromatic nitrogens is 2. The molecule has 2 aromatic rings. The molecule has 0 amide bonds. The van der Waals surface area contributed by atoms with Crippen LogP contribution in [0.25, 0.3) is 11.3 Å². The van der Waals surface area contributed by atoms with Gasteiger partial charge in [-0.15, -0.1) is 0 Å². The van der Waals surface area contributed by atoms with Crippen LogP contribution in [-0.2, 0) is 5.54 Å². The van der Waals surface area contributed by atoms with Crippen molar-refractivity contribution < 1.29 is 5.11 Å². The highest BCUT2D eigenvalue weighted by Crippen LogP contribution is 2.27. The van der Waals surface area contributed by atoms with Crippen LogP contribution in [0.3, 0.4) is 0 Å². The molecule has 0 aliphatic carbocycles. The van der Waals surface area contributed by atoms with Gasteiger partial charge >= 0.3 is 0 Å². The van der Waals surface area contributed by atoms with Crippen LogP contribution in [0, 0.1) is 6.92 Å². The first-order chi connectivity index (χ1) is 7.88. The fraction of sp³-hybridized carbons (Fsp3) is 0.357.